The van der Waals surface area contributed by atoms with Gasteiger partial charge in [0.15, 0.2) is 5.37 Å². The van der Waals surface area contributed by atoms with Crippen LogP contribution in [0.4, 0.5) is 10.5 Å². The molecule has 174 valence electrons. The Kier molecular flexibility index (Phi) is 5.49. The molecule has 1 unspecified atom stereocenters. The van der Waals surface area contributed by atoms with E-state index in [4.69, 9.17) is 4.74 Å². The first kappa shape index (κ1) is 22.0. The van der Waals surface area contributed by atoms with Gasteiger partial charge in [-0.1, -0.05) is 30.3 Å². The number of hydrogen-bond donors (Lipinski definition) is 2. The lowest BCUT2D eigenvalue weighted by Gasteiger charge is -2.18. The molecule has 0 aromatic heterocycles. The summed E-state index contributed by atoms with van der Waals surface area (Å²) in [5.74, 6) is 0.00158. The van der Waals surface area contributed by atoms with E-state index in [0.29, 0.717) is 17.7 Å². The minimum Gasteiger partial charge on any atom is -0.497 e. The van der Waals surface area contributed by atoms with Crippen molar-refractivity contribution in [2.45, 2.75) is 16.7 Å². The van der Waals surface area contributed by atoms with Gasteiger partial charge < -0.3 is 15.4 Å². The van der Waals surface area contributed by atoms with E-state index in [0.717, 1.165) is 28.3 Å². The van der Waals surface area contributed by atoms with Crippen LogP contribution in [0.25, 0.3) is 11.1 Å². The summed E-state index contributed by atoms with van der Waals surface area (Å²) >= 11 is 0. The van der Waals surface area contributed by atoms with Crippen molar-refractivity contribution in [3.63, 3.8) is 0 Å². The van der Waals surface area contributed by atoms with E-state index >= 15 is 0 Å². The van der Waals surface area contributed by atoms with Crippen LogP contribution in [0.15, 0.2) is 71.6 Å². The number of carbonyl (C=O) groups is 2. The van der Waals surface area contributed by atoms with E-state index < -0.39 is 27.1 Å². The third-order valence-electron chi connectivity index (χ3n) is 6.17. The van der Waals surface area contributed by atoms with Crippen LogP contribution in [-0.2, 0) is 16.3 Å². The zero-order valence-electron chi connectivity index (χ0n) is 18.4. The Balaban J connectivity index is 1.49. The molecule has 0 bridgehead atoms. The van der Waals surface area contributed by atoms with E-state index in [2.05, 4.69) is 10.6 Å². The summed E-state index contributed by atoms with van der Waals surface area (Å²) in [5.41, 5.74) is 3.53. The predicted molar refractivity (Wildman–Crippen MR) is 128 cm³/mol. The lowest BCUT2D eigenvalue weighted by molar-refractivity contribution is 0.0828. The number of amides is 3. The van der Waals surface area contributed by atoms with Gasteiger partial charge in [-0.3, -0.25) is 9.69 Å². The van der Waals surface area contributed by atoms with Crippen LogP contribution in [0, 0.1) is 0 Å². The van der Waals surface area contributed by atoms with Crippen molar-refractivity contribution in [3.8, 4) is 16.9 Å². The average Bonchev–Trinajstić information content (AvgIpc) is 3.50. The van der Waals surface area contributed by atoms with Crippen LogP contribution in [0.1, 0.15) is 15.9 Å². The highest BCUT2D eigenvalue weighted by atomic mass is 32.2. The summed E-state index contributed by atoms with van der Waals surface area (Å²) in [6.07, 6.45) is 0.696. The third kappa shape index (κ3) is 3.67. The maximum Gasteiger partial charge on any atom is 0.325 e. The molecule has 3 amide bonds. The summed E-state index contributed by atoms with van der Waals surface area (Å²) < 4.78 is 32.6. The highest BCUT2D eigenvalue weighted by Gasteiger charge is 2.42. The molecule has 9 heteroatoms. The van der Waals surface area contributed by atoms with Crippen LogP contribution < -0.4 is 15.4 Å². The summed E-state index contributed by atoms with van der Waals surface area (Å²) in [7, 11) is -2.49. The number of ether oxygens (including phenoxy) is 1. The molecule has 3 aromatic carbocycles. The Morgan fingerprint density at radius 2 is 1.76 bits per heavy atom. The number of methoxy groups -OCH3 is 1. The standard InChI is InChI=1S/C25H23N3O5S/c1-33-18-9-7-17(8-10-18)24(29)28-15-22(27-25(28)30)34(31,32)21-12-11-20-19(13-14-26-20)23(21)16-5-3-2-4-6-16/h2-12,22,26H,13-15H2,1H3,(H,27,30). The second kappa shape index (κ2) is 8.49. The third-order valence-corrected chi connectivity index (χ3v) is 8.14. The smallest absolute Gasteiger partial charge is 0.325 e. The number of hydrogen-bond acceptors (Lipinski definition) is 6. The number of fused-ring (bicyclic) bond motifs is 1. The van der Waals surface area contributed by atoms with E-state index in [9.17, 15) is 18.0 Å². The molecule has 1 saturated heterocycles. The molecule has 8 nitrogen and oxygen atoms in total. The van der Waals surface area contributed by atoms with E-state index in [1.807, 2.05) is 30.3 Å². The molecule has 0 radical (unpaired) electrons. The molecular formula is C25H23N3O5S. The first-order valence-corrected chi connectivity index (χ1v) is 12.4. The van der Waals surface area contributed by atoms with Crippen molar-refractivity contribution >= 4 is 27.5 Å². The number of imide groups is 1. The van der Waals surface area contributed by atoms with Gasteiger partial charge in [0, 0.05) is 23.4 Å². The lowest BCUT2D eigenvalue weighted by Crippen LogP contribution is -2.35. The molecule has 0 saturated carbocycles. The number of sulfone groups is 1. The fourth-order valence-electron chi connectivity index (χ4n) is 4.44. The molecule has 0 aliphatic carbocycles. The van der Waals surface area contributed by atoms with Crippen LogP contribution in [0.5, 0.6) is 5.75 Å². The largest absolute Gasteiger partial charge is 0.497 e. The van der Waals surface area contributed by atoms with Crippen molar-refractivity contribution in [1.29, 1.82) is 0 Å². The second-order valence-corrected chi connectivity index (χ2v) is 10.2. The monoisotopic (exact) mass is 477 g/mol. The molecule has 3 aromatic rings. The number of benzene rings is 3. The first-order chi connectivity index (χ1) is 16.4. The van der Waals surface area contributed by atoms with Gasteiger partial charge in [-0.05, 0) is 53.9 Å². The van der Waals surface area contributed by atoms with E-state index in [1.165, 1.54) is 19.2 Å². The molecule has 2 heterocycles. The Bertz CT molecular complexity index is 1370. The van der Waals surface area contributed by atoms with Crippen LogP contribution in [0.3, 0.4) is 0 Å². The molecule has 0 spiro atoms. The normalized spacial score (nSPS) is 17.1. The predicted octanol–water partition coefficient (Wildman–Crippen LogP) is 3.30. The van der Waals surface area contributed by atoms with Crippen molar-refractivity contribution in [2.75, 3.05) is 25.5 Å². The molecule has 34 heavy (non-hydrogen) atoms. The maximum atomic E-state index is 13.8. The molecule has 2 aliphatic rings. The van der Waals surface area contributed by atoms with Gasteiger partial charge in [-0.15, -0.1) is 0 Å². The Morgan fingerprint density at radius 1 is 1.03 bits per heavy atom. The van der Waals surface area contributed by atoms with Crippen molar-refractivity contribution < 1.29 is 22.7 Å². The zero-order chi connectivity index (χ0) is 23.9. The molecular weight excluding hydrogens is 454 g/mol. The highest BCUT2D eigenvalue weighted by Crippen LogP contribution is 2.39. The number of anilines is 1. The minimum absolute atomic E-state index is 0.144. The average molecular weight is 478 g/mol. The Hall–Kier alpha value is -3.85. The quantitative estimate of drug-likeness (QED) is 0.584. The first-order valence-electron chi connectivity index (χ1n) is 10.9. The Morgan fingerprint density at radius 3 is 2.47 bits per heavy atom. The van der Waals surface area contributed by atoms with E-state index in [-0.39, 0.29) is 17.0 Å². The summed E-state index contributed by atoms with van der Waals surface area (Å²) in [5, 5.41) is 4.53. The van der Waals surface area contributed by atoms with Crippen molar-refractivity contribution in [2.24, 2.45) is 0 Å². The number of carbonyl (C=O) groups excluding carboxylic acids is 2. The minimum atomic E-state index is -4.00. The fraction of sp³-hybridized carbons (Fsp3) is 0.200. The van der Waals surface area contributed by atoms with Gasteiger partial charge in [-0.2, -0.15) is 0 Å². The number of urea groups is 1. The second-order valence-electron chi connectivity index (χ2n) is 8.14. The van der Waals surface area contributed by atoms with Gasteiger partial charge >= 0.3 is 6.03 Å². The molecule has 1 fully saturated rings. The Labute approximate surface area is 197 Å². The summed E-state index contributed by atoms with van der Waals surface area (Å²) in [6.45, 7) is 0.443. The maximum absolute atomic E-state index is 13.8. The van der Waals surface area contributed by atoms with Crippen LogP contribution in [-0.4, -0.2) is 50.8 Å². The number of nitrogens with one attached hydrogen (secondary N) is 2. The summed E-state index contributed by atoms with van der Waals surface area (Å²) in [4.78, 5) is 26.6. The van der Waals surface area contributed by atoms with Crippen molar-refractivity contribution in [3.05, 3.63) is 77.9 Å². The zero-order valence-corrected chi connectivity index (χ0v) is 19.3. The number of nitrogens with zero attached hydrogens (tertiary/aromatic N) is 1. The number of rotatable bonds is 5. The highest BCUT2D eigenvalue weighted by molar-refractivity contribution is 7.92. The molecule has 2 N–H and O–H groups in total. The topological polar surface area (TPSA) is 105 Å². The van der Waals surface area contributed by atoms with Crippen LogP contribution in [0.2, 0.25) is 0 Å². The summed E-state index contributed by atoms with van der Waals surface area (Å²) in [6, 6.07) is 18.2. The molecule has 5 rings (SSSR count). The van der Waals surface area contributed by atoms with Gasteiger partial charge in [-0.25, -0.2) is 13.2 Å². The molecule has 2 aliphatic heterocycles. The lowest BCUT2D eigenvalue weighted by atomic mass is 9.98. The van der Waals surface area contributed by atoms with Gasteiger partial charge in [0.25, 0.3) is 5.91 Å². The SMILES string of the molecule is COc1ccc(C(=O)N2CC(S(=O)(=O)c3ccc4c(c3-c3ccccc3)CCN4)NC2=O)cc1. The van der Waals surface area contributed by atoms with Crippen molar-refractivity contribution in [1.82, 2.24) is 10.2 Å². The molecule has 1 atom stereocenters. The van der Waals surface area contributed by atoms with Gasteiger partial charge in [0.2, 0.25) is 9.84 Å². The van der Waals surface area contributed by atoms with Gasteiger partial charge in [0.1, 0.15) is 5.75 Å². The fourth-order valence-corrected chi connectivity index (χ4v) is 6.13. The van der Waals surface area contributed by atoms with E-state index in [1.54, 1.807) is 24.3 Å². The van der Waals surface area contributed by atoms with Gasteiger partial charge in [0.05, 0.1) is 18.6 Å². The van der Waals surface area contributed by atoms with Crippen LogP contribution >= 0.6 is 0 Å².